The van der Waals surface area contributed by atoms with Gasteiger partial charge in [-0.3, -0.25) is 9.59 Å². The van der Waals surface area contributed by atoms with E-state index >= 15 is 0 Å². The third-order valence-corrected chi connectivity index (χ3v) is 5.61. The van der Waals surface area contributed by atoms with Crippen molar-refractivity contribution < 1.29 is 18.0 Å². The number of sulfone groups is 1. The number of nitrogens with one attached hydrogen (secondary N) is 1. The monoisotopic (exact) mass is 386 g/mol. The first-order chi connectivity index (χ1) is 11.8. The molecule has 138 valence electrons. The van der Waals surface area contributed by atoms with Crippen molar-refractivity contribution in [1.82, 2.24) is 10.2 Å². The van der Waals surface area contributed by atoms with Gasteiger partial charge in [-0.25, -0.2) is 8.42 Å². The Morgan fingerprint density at radius 3 is 2.76 bits per heavy atom. The van der Waals surface area contributed by atoms with Crippen LogP contribution in [0.4, 0.5) is 0 Å². The molecule has 0 aromatic heterocycles. The molecule has 1 saturated heterocycles. The molecule has 1 aromatic rings. The molecule has 1 aliphatic rings. The van der Waals surface area contributed by atoms with Crippen LogP contribution in [0.3, 0.4) is 0 Å². The highest BCUT2D eigenvalue weighted by atomic mass is 35.5. The second kappa shape index (κ2) is 8.67. The molecule has 0 radical (unpaired) electrons. The third kappa shape index (κ3) is 5.71. The number of carbonyl (C=O) groups is 2. The Bertz CT molecular complexity index is 749. The van der Waals surface area contributed by atoms with Crippen molar-refractivity contribution in [3.05, 3.63) is 28.8 Å². The van der Waals surface area contributed by atoms with E-state index in [0.29, 0.717) is 25.9 Å². The van der Waals surface area contributed by atoms with Crippen LogP contribution in [0.25, 0.3) is 0 Å². The van der Waals surface area contributed by atoms with Gasteiger partial charge in [0.1, 0.15) is 0 Å². The van der Waals surface area contributed by atoms with Gasteiger partial charge in [0, 0.05) is 32.3 Å². The summed E-state index contributed by atoms with van der Waals surface area (Å²) in [6, 6.07) is 4.06. The van der Waals surface area contributed by atoms with Gasteiger partial charge in [0.25, 0.3) is 5.91 Å². The van der Waals surface area contributed by atoms with E-state index in [4.69, 9.17) is 11.6 Å². The molecule has 0 unspecified atom stereocenters. The van der Waals surface area contributed by atoms with E-state index in [1.807, 2.05) is 4.90 Å². The lowest BCUT2D eigenvalue weighted by atomic mass is 10.2. The highest BCUT2D eigenvalue weighted by molar-refractivity contribution is 7.90. The molecule has 1 aliphatic heterocycles. The molecule has 2 rings (SSSR count). The van der Waals surface area contributed by atoms with Crippen LogP contribution in [-0.2, 0) is 14.6 Å². The smallest absolute Gasteiger partial charge is 0.252 e. The Labute approximate surface area is 153 Å². The lowest BCUT2D eigenvalue weighted by Crippen LogP contribution is -2.34. The minimum absolute atomic E-state index is 0.0530. The largest absolute Gasteiger partial charge is 0.352 e. The summed E-state index contributed by atoms with van der Waals surface area (Å²) in [6.45, 7) is 1.77. The van der Waals surface area contributed by atoms with Crippen LogP contribution in [0.5, 0.6) is 0 Å². The highest BCUT2D eigenvalue weighted by Crippen LogP contribution is 2.20. The molecule has 1 heterocycles. The van der Waals surface area contributed by atoms with Crippen molar-refractivity contribution in [3.63, 3.8) is 0 Å². The molecule has 0 atom stereocenters. The number of benzene rings is 1. The van der Waals surface area contributed by atoms with Crippen LogP contribution >= 0.6 is 11.6 Å². The number of hydrogen-bond acceptors (Lipinski definition) is 4. The number of nitrogens with zero attached hydrogens (tertiary/aromatic N) is 1. The van der Waals surface area contributed by atoms with Crippen molar-refractivity contribution in [2.24, 2.45) is 0 Å². The standard InChI is InChI=1S/C17H23ClN2O4S/c1-25(23,24)13-7-8-15(18)14(12-13)17(22)19-9-5-11-20-10-4-2-3-6-16(20)21/h7-8,12H,2-6,9-11H2,1H3,(H,19,22). The maximum absolute atomic E-state index is 12.2. The molecule has 0 spiro atoms. The summed E-state index contributed by atoms with van der Waals surface area (Å²) in [5.74, 6) is -0.245. The van der Waals surface area contributed by atoms with E-state index in [1.165, 1.54) is 18.2 Å². The van der Waals surface area contributed by atoms with Crippen molar-refractivity contribution >= 4 is 33.3 Å². The third-order valence-electron chi connectivity index (χ3n) is 4.17. The van der Waals surface area contributed by atoms with Crippen LogP contribution in [0.15, 0.2) is 23.1 Å². The van der Waals surface area contributed by atoms with E-state index in [9.17, 15) is 18.0 Å². The van der Waals surface area contributed by atoms with Crippen LogP contribution in [0.2, 0.25) is 5.02 Å². The predicted octanol–water partition coefficient (Wildman–Crippen LogP) is 2.27. The fraction of sp³-hybridized carbons (Fsp3) is 0.529. The Morgan fingerprint density at radius 2 is 2.04 bits per heavy atom. The first kappa shape index (κ1) is 19.7. The molecule has 1 fully saturated rings. The van der Waals surface area contributed by atoms with Gasteiger partial charge < -0.3 is 10.2 Å². The number of carbonyl (C=O) groups excluding carboxylic acids is 2. The van der Waals surface area contributed by atoms with Gasteiger partial charge >= 0.3 is 0 Å². The molecule has 0 saturated carbocycles. The molecule has 8 heteroatoms. The molecule has 2 amide bonds. The molecule has 0 bridgehead atoms. The normalized spacial score (nSPS) is 15.8. The van der Waals surface area contributed by atoms with E-state index in [2.05, 4.69) is 5.32 Å². The van der Waals surface area contributed by atoms with Crippen LogP contribution < -0.4 is 5.32 Å². The average Bonchev–Trinajstić information content (AvgIpc) is 2.75. The molecule has 1 N–H and O–H groups in total. The Hall–Kier alpha value is -1.60. The average molecular weight is 387 g/mol. The molecule has 6 nitrogen and oxygen atoms in total. The first-order valence-electron chi connectivity index (χ1n) is 8.34. The quantitative estimate of drug-likeness (QED) is 0.760. The van der Waals surface area contributed by atoms with E-state index < -0.39 is 15.7 Å². The number of amides is 2. The van der Waals surface area contributed by atoms with Crippen LogP contribution in [0.1, 0.15) is 42.5 Å². The summed E-state index contributed by atoms with van der Waals surface area (Å²) < 4.78 is 23.2. The predicted molar refractivity (Wildman–Crippen MR) is 96.6 cm³/mol. The molecule has 25 heavy (non-hydrogen) atoms. The fourth-order valence-electron chi connectivity index (χ4n) is 2.75. The minimum atomic E-state index is -3.41. The zero-order valence-corrected chi connectivity index (χ0v) is 15.8. The lowest BCUT2D eigenvalue weighted by molar-refractivity contribution is -0.130. The number of halogens is 1. The van der Waals surface area contributed by atoms with Crippen molar-refractivity contribution in [3.8, 4) is 0 Å². The summed E-state index contributed by atoms with van der Waals surface area (Å²) in [5.41, 5.74) is 0.135. The van der Waals surface area contributed by atoms with E-state index in [-0.39, 0.29) is 21.4 Å². The van der Waals surface area contributed by atoms with Gasteiger partial charge in [-0.05, 0) is 37.5 Å². The molecular formula is C17H23ClN2O4S. The second-order valence-corrected chi connectivity index (χ2v) is 8.64. The lowest BCUT2D eigenvalue weighted by Gasteiger charge is -2.20. The van der Waals surface area contributed by atoms with Gasteiger partial charge in [-0.2, -0.15) is 0 Å². The van der Waals surface area contributed by atoms with Crippen molar-refractivity contribution in [2.75, 3.05) is 25.9 Å². The van der Waals surface area contributed by atoms with Gasteiger partial charge in [0.2, 0.25) is 5.91 Å². The summed E-state index contributed by atoms with van der Waals surface area (Å²) in [6.07, 6.45) is 5.36. The topological polar surface area (TPSA) is 83.6 Å². The van der Waals surface area contributed by atoms with Gasteiger partial charge in [0.05, 0.1) is 15.5 Å². The van der Waals surface area contributed by atoms with Gasteiger partial charge in [-0.1, -0.05) is 18.0 Å². The van der Waals surface area contributed by atoms with Gasteiger partial charge in [-0.15, -0.1) is 0 Å². The Kier molecular flexibility index (Phi) is 6.84. The minimum Gasteiger partial charge on any atom is -0.352 e. The summed E-state index contributed by atoms with van der Waals surface area (Å²) >= 11 is 6.00. The van der Waals surface area contributed by atoms with Crippen molar-refractivity contribution in [1.29, 1.82) is 0 Å². The Morgan fingerprint density at radius 1 is 1.28 bits per heavy atom. The van der Waals surface area contributed by atoms with Crippen molar-refractivity contribution in [2.45, 2.75) is 37.0 Å². The van der Waals surface area contributed by atoms with E-state index in [1.54, 1.807) is 0 Å². The van der Waals surface area contributed by atoms with Crippen LogP contribution in [-0.4, -0.2) is 51.0 Å². The molecule has 1 aromatic carbocycles. The zero-order chi connectivity index (χ0) is 18.4. The molecular weight excluding hydrogens is 364 g/mol. The number of rotatable bonds is 6. The van der Waals surface area contributed by atoms with E-state index in [0.717, 1.165) is 32.1 Å². The zero-order valence-electron chi connectivity index (χ0n) is 14.3. The molecule has 0 aliphatic carbocycles. The maximum atomic E-state index is 12.2. The maximum Gasteiger partial charge on any atom is 0.252 e. The Balaban J connectivity index is 1.89. The summed E-state index contributed by atoms with van der Waals surface area (Å²) in [4.78, 5) is 26.0. The summed E-state index contributed by atoms with van der Waals surface area (Å²) in [5, 5.41) is 2.93. The first-order valence-corrected chi connectivity index (χ1v) is 10.6. The van der Waals surface area contributed by atoms with Crippen LogP contribution in [0, 0.1) is 0 Å². The summed E-state index contributed by atoms with van der Waals surface area (Å²) in [7, 11) is -3.41. The SMILES string of the molecule is CS(=O)(=O)c1ccc(Cl)c(C(=O)NCCCN2CCCCCC2=O)c1. The van der Waals surface area contributed by atoms with Gasteiger partial charge in [0.15, 0.2) is 9.84 Å². The highest BCUT2D eigenvalue weighted by Gasteiger charge is 2.17. The number of likely N-dealkylation sites (tertiary alicyclic amines) is 1. The number of hydrogen-bond donors (Lipinski definition) is 1. The fourth-order valence-corrected chi connectivity index (χ4v) is 3.60. The second-order valence-electron chi connectivity index (χ2n) is 6.21.